The molecular formula is C15H21NO3S. The smallest absolute Gasteiger partial charge is 0.254 e. The molecule has 0 aliphatic heterocycles. The highest BCUT2D eigenvalue weighted by atomic mass is 32.1. The second-order valence-corrected chi connectivity index (χ2v) is 5.88. The third-order valence-electron chi connectivity index (χ3n) is 2.89. The maximum atomic E-state index is 12.2. The molecule has 0 bridgehead atoms. The Bertz CT molecular complexity index is 511. The van der Waals surface area contributed by atoms with Crippen LogP contribution in [0.2, 0.25) is 0 Å². The molecule has 0 aromatic carbocycles. The van der Waals surface area contributed by atoms with E-state index in [1.807, 2.05) is 11.4 Å². The van der Waals surface area contributed by atoms with E-state index in [1.165, 1.54) is 7.11 Å². The largest absolute Gasteiger partial charge is 0.395 e. The minimum absolute atomic E-state index is 0.0564. The number of hydrogen-bond donors (Lipinski definition) is 1. The van der Waals surface area contributed by atoms with Gasteiger partial charge in [0.2, 0.25) is 0 Å². The van der Waals surface area contributed by atoms with Gasteiger partial charge in [0.1, 0.15) is 5.60 Å². The van der Waals surface area contributed by atoms with Gasteiger partial charge in [0.15, 0.2) is 0 Å². The summed E-state index contributed by atoms with van der Waals surface area (Å²) in [6.07, 6.45) is 0.480. The van der Waals surface area contributed by atoms with E-state index in [0.717, 1.165) is 10.4 Å². The van der Waals surface area contributed by atoms with Crippen molar-refractivity contribution in [3.05, 3.63) is 21.9 Å². The van der Waals surface area contributed by atoms with Crippen LogP contribution < -0.4 is 0 Å². The summed E-state index contributed by atoms with van der Waals surface area (Å²) in [4.78, 5) is 14.8. The molecule has 0 aliphatic rings. The topological polar surface area (TPSA) is 49.8 Å². The molecule has 0 saturated carbocycles. The quantitative estimate of drug-likeness (QED) is 0.844. The SMILES string of the molecule is COC(C)(C)C(=O)N(C)Cc1csc(C#CCCO)c1. The number of aliphatic hydroxyl groups is 1. The number of thiophene rings is 1. The van der Waals surface area contributed by atoms with Crippen LogP contribution >= 0.6 is 11.3 Å². The Morgan fingerprint density at radius 1 is 1.55 bits per heavy atom. The van der Waals surface area contributed by atoms with Crippen LogP contribution in [0.3, 0.4) is 0 Å². The van der Waals surface area contributed by atoms with Crippen molar-refractivity contribution in [1.82, 2.24) is 4.90 Å². The molecule has 20 heavy (non-hydrogen) atoms. The number of carbonyl (C=O) groups excluding carboxylic acids is 1. The number of methoxy groups -OCH3 is 1. The summed E-state index contributed by atoms with van der Waals surface area (Å²) in [5.41, 5.74) is 0.236. The summed E-state index contributed by atoms with van der Waals surface area (Å²) in [6, 6.07) is 1.97. The summed E-state index contributed by atoms with van der Waals surface area (Å²) < 4.78 is 5.19. The summed E-state index contributed by atoms with van der Waals surface area (Å²) in [5, 5.41) is 10.7. The molecule has 1 aromatic rings. The van der Waals surface area contributed by atoms with Crippen molar-refractivity contribution in [3.8, 4) is 11.8 Å². The minimum atomic E-state index is -0.811. The molecule has 5 heteroatoms. The van der Waals surface area contributed by atoms with Gasteiger partial charge in [0.05, 0.1) is 11.5 Å². The molecule has 1 amide bonds. The van der Waals surface area contributed by atoms with Crippen molar-refractivity contribution >= 4 is 17.2 Å². The Morgan fingerprint density at radius 2 is 2.25 bits per heavy atom. The summed E-state index contributed by atoms with van der Waals surface area (Å²) >= 11 is 1.54. The Kier molecular flexibility index (Phi) is 6.21. The summed E-state index contributed by atoms with van der Waals surface area (Å²) in [6.45, 7) is 4.12. The summed E-state index contributed by atoms with van der Waals surface area (Å²) in [7, 11) is 3.29. The van der Waals surface area contributed by atoms with Crippen LogP contribution in [0.1, 0.15) is 30.7 Å². The molecule has 110 valence electrons. The van der Waals surface area contributed by atoms with Gasteiger partial charge in [-0.15, -0.1) is 11.3 Å². The van der Waals surface area contributed by atoms with Gasteiger partial charge in [-0.1, -0.05) is 11.8 Å². The van der Waals surface area contributed by atoms with Crippen molar-refractivity contribution in [3.63, 3.8) is 0 Å². The molecule has 1 rings (SSSR count). The van der Waals surface area contributed by atoms with E-state index in [9.17, 15) is 4.79 Å². The average molecular weight is 295 g/mol. The number of hydrogen-bond acceptors (Lipinski definition) is 4. The van der Waals surface area contributed by atoms with Gasteiger partial charge in [-0.05, 0) is 30.9 Å². The molecule has 0 radical (unpaired) electrons. The maximum absolute atomic E-state index is 12.2. The zero-order valence-electron chi connectivity index (χ0n) is 12.4. The number of amides is 1. The van der Waals surface area contributed by atoms with Crippen LogP contribution in [0.15, 0.2) is 11.4 Å². The molecule has 1 heterocycles. The Morgan fingerprint density at radius 3 is 2.85 bits per heavy atom. The van der Waals surface area contributed by atoms with Crippen LogP contribution in [0.25, 0.3) is 0 Å². The standard InChI is InChI=1S/C15H21NO3S/c1-15(2,19-4)14(18)16(3)10-12-9-13(20-11-12)7-5-6-8-17/h9,11,17H,6,8,10H2,1-4H3. The first-order chi connectivity index (χ1) is 9.40. The normalized spacial score (nSPS) is 10.8. The third kappa shape index (κ3) is 4.64. The first-order valence-corrected chi connectivity index (χ1v) is 7.26. The van der Waals surface area contributed by atoms with E-state index in [-0.39, 0.29) is 12.5 Å². The fourth-order valence-electron chi connectivity index (χ4n) is 1.62. The second kappa shape index (κ2) is 7.44. The highest BCUT2D eigenvalue weighted by Gasteiger charge is 2.30. The van der Waals surface area contributed by atoms with Crippen LogP contribution in [0.5, 0.6) is 0 Å². The highest BCUT2D eigenvalue weighted by molar-refractivity contribution is 7.10. The highest BCUT2D eigenvalue weighted by Crippen LogP contribution is 2.18. The fraction of sp³-hybridized carbons (Fsp3) is 0.533. The number of ether oxygens (including phenoxy) is 1. The van der Waals surface area contributed by atoms with E-state index in [4.69, 9.17) is 9.84 Å². The molecule has 0 saturated heterocycles. The van der Waals surface area contributed by atoms with Crippen molar-refractivity contribution < 1.29 is 14.6 Å². The number of likely N-dealkylation sites (N-methyl/N-ethyl adjacent to an activating group) is 1. The van der Waals surface area contributed by atoms with Gasteiger partial charge in [0.25, 0.3) is 5.91 Å². The lowest BCUT2D eigenvalue weighted by molar-refractivity contribution is -0.150. The molecule has 4 nitrogen and oxygen atoms in total. The minimum Gasteiger partial charge on any atom is -0.395 e. The van der Waals surface area contributed by atoms with Gasteiger partial charge in [0, 0.05) is 27.1 Å². The van der Waals surface area contributed by atoms with Crippen molar-refractivity contribution in [2.24, 2.45) is 0 Å². The molecule has 0 aliphatic carbocycles. The summed E-state index contributed by atoms with van der Waals surface area (Å²) in [5.74, 6) is 5.82. The van der Waals surface area contributed by atoms with Gasteiger partial charge in [-0.2, -0.15) is 0 Å². The molecule has 0 spiro atoms. The van der Waals surface area contributed by atoms with Gasteiger partial charge in [-0.3, -0.25) is 4.79 Å². The third-order valence-corrected chi connectivity index (χ3v) is 3.79. The fourth-order valence-corrected chi connectivity index (χ4v) is 2.39. The number of carbonyl (C=O) groups is 1. The second-order valence-electron chi connectivity index (χ2n) is 4.97. The molecule has 1 N–H and O–H groups in total. The predicted molar refractivity (Wildman–Crippen MR) is 80.5 cm³/mol. The van der Waals surface area contributed by atoms with Crippen LogP contribution in [-0.4, -0.2) is 42.3 Å². The predicted octanol–water partition coefficient (Wildman–Crippen LogP) is 1.87. The number of aliphatic hydroxyl groups excluding tert-OH is 1. The van der Waals surface area contributed by atoms with E-state index in [2.05, 4.69) is 11.8 Å². The molecule has 0 atom stereocenters. The van der Waals surface area contributed by atoms with Crippen molar-refractivity contribution in [2.45, 2.75) is 32.4 Å². The van der Waals surface area contributed by atoms with Crippen molar-refractivity contribution in [2.75, 3.05) is 20.8 Å². The molecule has 0 fully saturated rings. The Labute approximate surface area is 124 Å². The van der Waals surface area contributed by atoms with Gasteiger partial charge >= 0.3 is 0 Å². The van der Waals surface area contributed by atoms with Gasteiger partial charge < -0.3 is 14.7 Å². The zero-order chi connectivity index (χ0) is 15.2. The van der Waals surface area contributed by atoms with Crippen molar-refractivity contribution in [1.29, 1.82) is 0 Å². The molecular weight excluding hydrogens is 274 g/mol. The Balaban J connectivity index is 2.66. The van der Waals surface area contributed by atoms with Gasteiger partial charge in [-0.25, -0.2) is 0 Å². The van der Waals surface area contributed by atoms with E-state index >= 15 is 0 Å². The average Bonchev–Trinajstić information content (AvgIpc) is 2.85. The monoisotopic (exact) mass is 295 g/mol. The lowest BCUT2D eigenvalue weighted by atomic mass is 10.1. The first-order valence-electron chi connectivity index (χ1n) is 6.38. The van der Waals surface area contributed by atoms with Crippen LogP contribution in [0.4, 0.5) is 0 Å². The number of rotatable bonds is 5. The van der Waals surface area contributed by atoms with E-state index in [1.54, 1.807) is 37.1 Å². The maximum Gasteiger partial charge on any atom is 0.254 e. The van der Waals surface area contributed by atoms with E-state index in [0.29, 0.717) is 13.0 Å². The van der Waals surface area contributed by atoms with Crippen LogP contribution in [-0.2, 0) is 16.1 Å². The number of nitrogens with zero attached hydrogens (tertiary/aromatic N) is 1. The lowest BCUT2D eigenvalue weighted by Crippen LogP contribution is -2.44. The first kappa shape index (κ1) is 16.7. The van der Waals surface area contributed by atoms with E-state index < -0.39 is 5.60 Å². The van der Waals surface area contributed by atoms with Crippen LogP contribution in [0, 0.1) is 11.8 Å². The Hall–Kier alpha value is -1.35. The molecule has 0 unspecified atom stereocenters. The zero-order valence-corrected chi connectivity index (χ0v) is 13.2. The lowest BCUT2D eigenvalue weighted by Gasteiger charge is -2.27. The molecule has 1 aromatic heterocycles.